The monoisotopic (exact) mass is 378 g/mol. The first-order valence-electron chi connectivity index (χ1n) is 10.4. The lowest BCUT2D eigenvalue weighted by Gasteiger charge is -2.36. The minimum Gasteiger partial charge on any atom is -0.492 e. The number of allylic oxidation sites excluding steroid dienone is 1. The van der Waals surface area contributed by atoms with Gasteiger partial charge in [0.25, 0.3) is 0 Å². The maximum absolute atomic E-state index is 14.4. The minimum atomic E-state index is -0.376. The van der Waals surface area contributed by atoms with Crippen molar-refractivity contribution in [1.29, 1.82) is 0 Å². The SMILES string of the molecule is CCOc1ccc(C=CC2CCC(C3CCC(C)CC3)CC2)c(F)c1Cl. The number of hydrogen-bond donors (Lipinski definition) is 0. The quantitative estimate of drug-likeness (QED) is 0.514. The van der Waals surface area contributed by atoms with E-state index in [2.05, 4.69) is 13.0 Å². The van der Waals surface area contributed by atoms with Gasteiger partial charge in [0.1, 0.15) is 10.8 Å². The van der Waals surface area contributed by atoms with Gasteiger partial charge in [-0.1, -0.05) is 43.5 Å². The highest BCUT2D eigenvalue weighted by Gasteiger charge is 2.29. The molecule has 0 aliphatic heterocycles. The largest absolute Gasteiger partial charge is 0.492 e. The Hall–Kier alpha value is -1.02. The lowest BCUT2D eigenvalue weighted by Crippen LogP contribution is -2.24. The normalized spacial score (nSPS) is 29.8. The molecule has 0 heterocycles. The molecule has 1 aromatic rings. The molecule has 0 aromatic heterocycles. The third kappa shape index (κ3) is 4.82. The Morgan fingerprint density at radius 2 is 1.65 bits per heavy atom. The van der Waals surface area contributed by atoms with E-state index in [1.54, 1.807) is 12.1 Å². The second-order valence-electron chi connectivity index (χ2n) is 8.27. The van der Waals surface area contributed by atoms with Gasteiger partial charge in [0.15, 0.2) is 5.82 Å². The summed E-state index contributed by atoms with van der Waals surface area (Å²) in [5.74, 6) is 3.42. The van der Waals surface area contributed by atoms with Crippen LogP contribution in [0.1, 0.15) is 70.8 Å². The Balaban J connectivity index is 1.53. The van der Waals surface area contributed by atoms with Gasteiger partial charge >= 0.3 is 0 Å². The van der Waals surface area contributed by atoms with Crippen LogP contribution < -0.4 is 4.74 Å². The molecule has 0 saturated heterocycles. The molecule has 2 fully saturated rings. The summed E-state index contributed by atoms with van der Waals surface area (Å²) >= 11 is 6.08. The molecule has 3 rings (SSSR count). The van der Waals surface area contributed by atoms with E-state index in [1.165, 1.54) is 51.4 Å². The summed E-state index contributed by atoms with van der Waals surface area (Å²) < 4.78 is 19.8. The van der Waals surface area contributed by atoms with Crippen LogP contribution in [0.25, 0.3) is 6.08 Å². The zero-order valence-electron chi connectivity index (χ0n) is 16.1. The first kappa shape index (κ1) is 19.7. The molecule has 1 aromatic carbocycles. The van der Waals surface area contributed by atoms with Crippen molar-refractivity contribution in [2.24, 2.45) is 23.7 Å². The fraction of sp³-hybridized carbons (Fsp3) is 0.652. The van der Waals surface area contributed by atoms with Crippen molar-refractivity contribution < 1.29 is 9.13 Å². The van der Waals surface area contributed by atoms with E-state index in [1.807, 2.05) is 13.0 Å². The van der Waals surface area contributed by atoms with Gasteiger partial charge in [-0.05, 0) is 81.3 Å². The zero-order valence-corrected chi connectivity index (χ0v) is 16.9. The summed E-state index contributed by atoms with van der Waals surface area (Å²) in [5, 5.41) is 0.0873. The molecule has 0 atom stereocenters. The van der Waals surface area contributed by atoms with Crippen LogP contribution in [0.4, 0.5) is 4.39 Å². The maximum atomic E-state index is 14.4. The number of halogens is 2. The molecule has 0 radical (unpaired) electrons. The highest BCUT2D eigenvalue weighted by atomic mass is 35.5. The van der Waals surface area contributed by atoms with Crippen molar-refractivity contribution in [2.45, 2.75) is 65.2 Å². The Labute approximate surface area is 163 Å². The van der Waals surface area contributed by atoms with Crippen LogP contribution in [0.2, 0.25) is 5.02 Å². The zero-order chi connectivity index (χ0) is 18.5. The Morgan fingerprint density at radius 1 is 1.04 bits per heavy atom. The number of rotatable bonds is 5. The van der Waals surface area contributed by atoms with E-state index in [-0.39, 0.29) is 10.8 Å². The van der Waals surface area contributed by atoms with Crippen LogP contribution in [-0.4, -0.2) is 6.61 Å². The van der Waals surface area contributed by atoms with E-state index in [9.17, 15) is 4.39 Å². The predicted molar refractivity (Wildman–Crippen MR) is 108 cm³/mol. The van der Waals surface area contributed by atoms with Crippen molar-refractivity contribution in [2.75, 3.05) is 6.61 Å². The summed E-state index contributed by atoms with van der Waals surface area (Å²) in [4.78, 5) is 0. The van der Waals surface area contributed by atoms with Gasteiger partial charge < -0.3 is 4.74 Å². The highest BCUT2D eigenvalue weighted by Crippen LogP contribution is 2.41. The van der Waals surface area contributed by atoms with Crippen molar-refractivity contribution in [3.63, 3.8) is 0 Å². The third-order valence-electron chi connectivity index (χ3n) is 6.47. The van der Waals surface area contributed by atoms with E-state index in [0.717, 1.165) is 17.8 Å². The van der Waals surface area contributed by atoms with Gasteiger partial charge in [-0.25, -0.2) is 4.39 Å². The average molecular weight is 379 g/mol. The van der Waals surface area contributed by atoms with Gasteiger partial charge in [0, 0.05) is 5.56 Å². The van der Waals surface area contributed by atoms with Gasteiger partial charge in [-0.2, -0.15) is 0 Å². The molecule has 2 saturated carbocycles. The molecule has 1 nitrogen and oxygen atoms in total. The molecule has 0 unspecified atom stereocenters. The maximum Gasteiger partial charge on any atom is 0.152 e. The average Bonchev–Trinajstić information content (AvgIpc) is 2.66. The summed E-state index contributed by atoms with van der Waals surface area (Å²) in [6.45, 7) is 4.74. The molecule has 3 heteroatoms. The lowest BCUT2D eigenvalue weighted by molar-refractivity contribution is 0.160. The van der Waals surface area contributed by atoms with Crippen molar-refractivity contribution >= 4 is 17.7 Å². The van der Waals surface area contributed by atoms with E-state index >= 15 is 0 Å². The van der Waals surface area contributed by atoms with Gasteiger partial charge in [0.05, 0.1) is 6.61 Å². The van der Waals surface area contributed by atoms with Crippen LogP contribution in [-0.2, 0) is 0 Å². The van der Waals surface area contributed by atoms with E-state index in [0.29, 0.717) is 23.8 Å². The predicted octanol–water partition coefficient (Wildman–Crippen LogP) is 7.52. The van der Waals surface area contributed by atoms with Crippen molar-refractivity contribution in [3.8, 4) is 5.75 Å². The lowest BCUT2D eigenvalue weighted by atomic mass is 9.69. The van der Waals surface area contributed by atoms with E-state index in [4.69, 9.17) is 16.3 Å². The number of hydrogen-bond acceptors (Lipinski definition) is 1. The van der Waals surface area contributed by atoms with Crippen LogP contribution in [0.5, 0.6) is 5.75 Å². The topological polar surface area (TPSA) is 9.23 Å². The molecule has 0 amide bonds. The molecule has 0 N–H and O–H groups in total. The summed E-state index contributed by atoms with van der Waals surface area (Å²) in [6, 6.07) is 3.52. The van der Waals surface area contributed by atoms with Crippen LogP contribution in [0.3, 0.4) is 0 Å². The van der Waals surface area contributed by atoms with Crippen LogP contribution in [0.15, 0.2) is 18.2 Å². The van der Waals surface area contributed by atoms with Gasteiger partial charge in [-0.15, -0.1) is 0 Å². The van der Waals surface area contributed by atoms with Crippen molar-refractivity contribution in [3.05, 3.63) is 34.6 Å². The Kier molecular flexibility index (Phi) is 7.03. The Morgan fingerprint density at radius 3 is 2.27 bits per heavy atom. The summed E-state index contributed by atoms with van der Waals surface area (Å²) in [5.41, 5.74) is 0.557. The molecule has 144 valence electrons. The number of ether oxygens (including phenoxy) is 1. The fourth-order valence-corrected chi connectivity index (χ4v) is 4.97. The molecular weight excluding hydrogens is 347 g/mol. The molecule has 2 aliphatic rings. The van der Waals surface area contributed by atoms with Gasteiger partial charge in [0.2, 0.25) is 0 Å². The fourth-order valence-electron chi connectivity index (χ4n) is 4.75. The van der Waals surface area contributed by atoms with Crippen molar-refractivity contribution in [1.82, 2.24) is 0 Å². The van der Waals surface area contributed by atoms with Crippen LogP contribution >= 0.6 is 11.6 Å². The summed E-state index contributed by atoms with van der Waals surface area (Å²) in [7, 11) is 0. The van der Waals surface area contributed by atoms with E-state index < -0.39 is 0 Å². The second-order valence-corrected chi connectivity index (χ2v) is 8.65. The summed E-state index contributed by atoms with van der Waals surface area (Å²) in [6.07, 6.45) is 14.9. The molecule has 26 heavy (non-hydrogen) atoms. The smallest absolute Gasteiger partial charge is 0.152 e. The minimum absolute atomic E-state index is 0.0873. The second kappa shape index (κ2) is 9.26. The van der Waals surface area contributed by atoms with Crippen LogP contribution in [0, 0.1) is 29.5 Å². The van der Waals surface area contributed by atoms with Gasteiger partial charge in [-0.3, -0.25) is 0 Å². The molecule has 2 aliphatic carbocycles. The molecular formula is C23H32ClFO. The standard InChI is InChI=1S/C23H32ClFO/c1-3-26-21-15-14-20(23(25)22(21)24)13-8-17-6-11-19(12-7-17)18-9-4-16(2)5-10-18/h8,13-19H,3-7,9-12H2,1-2H3. The molecule has 0 bridgehead atoms. The highest BCUT2D eigenvalue weighted by molar-refractivity contribution is 6.32. The molecule has 0 spiro atoms. The Bertz CT molecular complexity index is 611. The third-order valence-corrected chi connectivity index (χ3v) is 6.82. The first-order chi connectivity index (χ1) is 12.6. The number of benzene rings is 1. The first-order valence-corrected chi connectivity index (χ1v) is 10.7.